The molecule has 0 unspecified atom stereocenters. The summed E-state index contributed by atoms with van der Waals surface area (Å²) in [6, 6.07) is 16.3. The van der Waals surface area contributed by atoms with Crippen molar-refractivity contribution >= 4 is 23.5 Å². The molecule has 1 saturated carbocycles. The van der Waals surface area contributed by atoms with Crippen LogP contribution >= 0.6 is 11.8 Å². The van der Waals surface area contributed by atoms with Gasteiger partial charge in [0.25, 0.3) is 5.91 Å². The largest absolute Gasteiger partial charge is 0.357 e. The number of aryl methyl sites for hydroxylation is 1. The minimum atomic E-state index is -0.0606. The van der Waals surface area contributed by atoms with Crippen LogP contribution in [-0.2, 0) is 18.6 Å². The zero-order valence-electron chi connectivity index (χ0n) is 20.7. The monoisotopic (exact) mass is 489 g/mol. The van der Waals surface area contributed by atoms with Crippen molar-refractivity contribution in [3.63, 3.8) is 0 Å². The Kier molecular flexibility index (Phi) is 9.12. The first kappa shape index (κ1) is 25.2. The fraction of sp³-hybridized carbons (Fsp3) is 0.429. The minimum absolute atomic E-state index is 0.0606. The van der Waals surface area contributed by atoms with Crippen LogP contribution in [0.25, 0.3) is 0 Å². The predicted octanol–water partition coefficient (Wildman–Crippen LogP) is 5.47. The van der Waals surface area contributed by atoms with E-state index in [1.165, 1.54) is 32.1 Å². The molecule has 1 aliphatic rings. The Morgan fingerprint density at radius 2 is 1.86 bits per heavy atom. The zero-order valence-corrected chi connectivity index (χ0v) is 21.6. The smallest absolute Gasteiger partial charge is 0.251 e. The van der Waals surface area contributed by atoms with Crippen LogP contribution in [0.5, 0.6) is 0 Å². The standard InChI is InChI=1S/C28H35N5OS/c1-3-23-19-26(33(2)25-10-5-4-6-11-25)32-28(31-23)35-20-21-12-14-22(15-13-21)27(34)30-18-16-24-9-7-8-17-29-24/h7-9,12-15,17,19,25H,3-6,10-11,16,18,20H2,1-2H3,(H,30,34). The summed E-state index contributed by atoms with van der Waals surface area (Å²) in [6.45, 7) is 2.71. The molecule has 1 N–H and O–H groups in total. The number of nitrogens with one attached hydrogen (secondary N) is 1. The molecule has 1 aromatic carbocycles. The summed E-state index contributed by atoms with van der Waals surface area (Å²) < 4.78 is 0. The highest BCUT2D eigenvalue weighted by Crippen LogP contribution is 2.28. The molecule has 0 bridgehead atoms. The highest BCUT2D eigenvalue weighted by atomic mass is 32.2. The second kappa shape index (κ2) is 12.7. The van der Waals surface area contributed by atoms with E-state index in [4.69, 9.17) is 9.97 Å². The molecule has 0 saturated heterocycles. The third kappa shape index (κ3) is 7.28. The number of hydrogen-bond donors (Lipinski definition) is 1. The van der Waals surface area contributed by atoms with E-state index in [2.05, 4.69) is 35.2 Å². The fourth-order valence-electron chi connectivity index (χ4n) is 4.39. The van der Waals surface area contributed by atoms with E-state index < -0.39 is 0 Å². The summed E-state index contributed by atoms with van der Waals surface area (Å²) in [5.41, 5.74) is 3.87. The highest BCUT2D eigenvalue weighted by Gasteiger charge is 2.20. The molecule has 35 heavy (non-hydrogen) atoms. The van der Waals surface area contributed by atoms with Gasteiger partial charge in [-0.2, -0.15) is 0 Å². The molecule has 184 valence electrons. The lowest BCUT2D eigenvalue weighted by Gasteiger charge is -2.32. The van der Waals surface area contributed by atoms with Gasteiger partial charge < -0.3 is 10.2 Å². The average molecular weight is 490 g/mol. The minimum Gasteiger partial charge on any atom is -0.357 e. The second-order valence-corrected chi connectivity index (χ2v) is 10.0. The van der Waals surface area contributed by atoms with Gasteiger partial charge in [0.1, 0.15) is 5.82 Å². The molecule has 4 rings (SSSR count). The lowest BCUT2D eigenvalue weighted by Crippen LogP contribution is -2.34. The summed E-state index contributed by atoms with van der Waals surface area (Å²) in [7, 11) is 2.17. The van der Waals surface area contributed by atoms with E-state index in [1.807, 2.05) is 42.5 Å². The molecule has 0 spiro atoms. The average Bonchev–Trinajstić information content (AvgIpc) is 2.92. The summed E-state index contributed by atoms with van der Waals surface area (Å²) in [4.78, 5) is 28.7. The van der Waals surface area contributed by atoms with Gasteiger partial charge in [0.05, 0.1) is 0 Å². The van der Waals surface area contributed by atoms with Crippen molar-refractivity contribution < 1.29 is 4.79 Å². The third-order valence-corrected chi connectivity index (χ3v) is 7.49. The Bertz CT molecular complexity index is 1080. The van der Waals surface area contributed by atoms with Gasteiger partial charge in [0.15, 0.2) is 5.16 Å². The van der Waals surface area contributed by atoms with Gasteiger partial charge in [-0.15, -0.1) is 0 Å². The van der Waals surface area contributed by atoms with Crippen molar-refractivity contribution in [2.45, 2.75) is 68.8 Å². The number of anilines is 1. The fourth-order valence-corrected chi connectivity index (χ4v) is 5.22. The number of hydrogen-bond acceptors (Lipinski definition) is 6. The first-order valence-electron chi connectivity index (χ1n) is 12.6. The van der Waals surface area contributed by atoms with Crippen molar-refractivity contribution in [1.82, 2.24) is 20.3 Å². The topological polar surface area (TPSA) is 71.0 Å². The van der Waals surface area contributed by atoms with Crippen molar-refractivity contribution in [2.24, 2.45) is 0 Å². The van der Waals surface area contributed by atoms with E-state index in [0.717, 1.165) is 46.5 Å². The molecule has 2 heterocycles. The maximum atomic E-state index is 12.5. The summed E-state index contributed by atoms with van der Waals surface area (Å²) in [5, 5.41) is 3.79. The van der Waals surface area contributed by atoms with Crippen molar-refractivity contribution in [2.75, 3.05) is 18.5 Å². The predicted molar refractivity (Wildman–Crippen MR) is 143 cm³/mol. The molecule has 0 aliphatic heterocycles. The number of rotatable bonds is 10. The lowest BCUT2D eigenvalue weighted by molar-refractivity contribution is 0.0954. The Balaban J connectivity index is 1.32. The number of nitrogens with zero attached hydrogens (tertiary/aromatic N) is 4. The van der Waals surface area contributed by atoms with Crippen molar-refractivity contribution in [3.05, 3.63) is 77.2 Å². The number of carbonyl (C=O) groups excluding carboxylic acids is 1. The van der Waals surface area contributed by atoms with Gasteiger partial charge >= 0.3 is 0 Å². The van der Waals surface area contributed by atoms with E-state index in [9.17, 15) is 4.79 Å². The molecule has 0 atom stereocenters. The van der Waals surface area contributed by atoms with Crippen LogP contribution in [0, 0.1) is 0 Å². The van der Waals surface area contributed by atoms with Crippen LogP contribution < -0.4 is 10.2 Å². The summed E-state index contributed by atoms with van der Waals surface area (Å²) in [5.74, 6) is 1.74. The third-order valence-electron chi connectivity index (χ3n) is 6.57. The van der Waals surface area contributed by atoms with Crippen LogP contribution in [0.3, 0.4) is 0 Å². The summed E-state index contributed by atoms with van der Waals surface area (Å²) in [6.07, 6.45) is 9.83. The van der Waals surface area contributed by atoms with Gasteiger partial charge in [-0.1, -0.05) is 56.1 Å². The molecule has 1 fully saturated rings. The number of carbonyl (C=O) groups is 1. The maximum absolute atomic E-state index is 12.5. The van der Waals surface area contributed by atoms with Crippen LogP contribution in [0.15, 0.2) is 59.9 Å². The number of aromatic nitrogens is 3. The Labute approximate surface area is 213 Å². The SMILES string of the molecule is CCc1cc(N(C)C2CCCCC2)nc(SCc2ccc(C(=O)NCCc3ccccn3)cc2)n1. The Hall–Kier alpha value is -2.93. The number of amides is 1. The van der Waals surface area contributed by atoms with E-state index in [0.29, 0.717) is 18.2 Å². The van der Waals surface area contributed by atoms with Crippen LogP contribution in [-0.4, -0.2) is 40.5 Å². The van der Waals surface area contributed by atoms with Crippen molar-refractivity contribution in [1.29, 1.82) is 0 Å². The molecular formula is C28H35N5OS. The molecule has 1 amide bonds. The van der Waals surface area contributed by atoms with Crippen LogP contribution in [0.4, 0.5) is 5.82 Å². The van der Waals surface area contributed by atoms with E-state index in [-0.39, 0.29) is 5.91 Å². The van der Waals surface area contributed by atoms with Gasteiger partial charge in [-0.25, -0.2) is 9.97 Å². The zero-order chi connectivity index (χ0) is 24.5. The second-order valence-electron chi connectivity index (χ2n) is 9.07. The molecule has 2 aromatic heterocycles. The van der Waals surface area contributed by atoms with Crippen LogP contribution in [0.1, 0.15) is 66.3 Å². The molecule has 7 heteroatoms. The van der Waals surface area contributed by atoms with Gasteiger partial charge in [-0.3, -0.25) is 9.78 Å². The van der Waals surface area contributed by atoms with Crippen LogP contribution in [0.2, 0.25) is 0 Å². The van der Waals surface area contributed by atoms with E-state index in [1.54, 1.807) is 18.0 Å². The normalized spacial score (nSPS) is 14.0. The first-order valence-corrected chi connectivity index (χ1v) is 13.6. The number of thioether (sulfide) groups is 1. The van der Waals surface area contributed by atoms with Gasteiger partial charge in [0.2, 0.25) is 0 Å². The van der Waals surface area contributed by atoms with Gasteiger partial charge in [-0.05, 0) is 49.1 Å². The molecule has 1 aliphatic carbocycles. The Morgan fingerprint density at radius 3 is 2.57 bits per heavy atom. The quantitative estimate of drug-likeness (QED) is 0.301. The lowest BCUT2D eigenvalue weighted by atomic mass is 9.94. The number of benzene rings is 1. The first-order chi connectivity index (χ1) is 17.1. The van der Waals surface area contributed by atoms with Crippen molar-refractivity contribution in [3.8, 4) is 0 Å². The van der Waals surface area contributed by atoms with E-state index >= 15 is 0 Å². The maximum Gasteiger partial charge on any atom is 0.251 e. The highest BCUT2D eigenvalue weighted by molar-refractivity contribution is 7.98. The molecule has 0 radical (unpaired) electrons. The molecular weight excluding hydrogens is 454 g/mol. The number of pyridine rings is 1. The van der Waals surface area contributed by atoms with Gasteiger partial charge in [0, 0.05) is 61.0 Å². The Morgan fingerprint density at radius 1 is 1.06 bits per heavy atom. The molecule has 3 aromatic rings. The summed E-state index contributed by atoms with van der Waals surface area (Å²) >= 11 is 1.65. The molecule has 6 nitrogen and oxygen atoms in total.